The van der Waals surface area contributed by atoms with Crippen LogP contribution < -0.4 is 11.1 Å². The largest absolute Gasteiger partial charge is 0.346 e. The lowest BCUT2D eigenvalue weighted by Gasteiger charge is -2.15. The van der Waals surface area contributed by atoms with E-state index in [0.717, 1.165) is 12.0 Å². The summed E-state index contributed by atoms with van der Waals surface area (Å²) < 4.78 is 0. The van der Waals surface area contributed by atoms with E-state index in [-0.39, 0.29) is 24.4 Å². The van der Waals surface area contributed by atoms with Crippen LogP contribution in [0.3, 0.4) is 0 Å². The van der Waals surface area contributed by atoms with Crippen molar-refractivity contribution in [2.75, 3.05) is 0 Å². The Hall–Kier alpha value is -1.91. The second kappa shape index (κ2) is 9.40. The highest BCUT2D eigenvalue weighted by Gasteiger charge is 2.12. The zero-order valence-electron chi connectivity index (χ0n) is 14.5. The van der Waals surface area contributed by atoms with Crippen LogP contribution in [0.25, 0.3) is 0 Å². The Morgan fingerprint density at radius 3 is 2.42 bits per heavy atom. The van der Waals surface area contributed by atoms with E-state index in [1.807, 2.05) is 6.92 Å². The Balaban J connectivity index is 0.00000288. The monoisotopic (exact) mass is 347 g/mol. The van der Waals surface area contributed by atoms with Gasteiger partial charge >= 0.3 is 0 Å². The van der Waals surface area contributed by atoms with Crippen molar-refractivity contribution in [3.05, 3.63) is 65.0 Å². The molecule has 24 heavy (non-hydrogen) atoms. The number of nitrogens with zero attached hydrogens (tertiary/aromatic N) is 1. The molecule has 0 saturated carbocycles. The third kappa shape index (κ3) is 5.62. The van der Waals surface area contributed by atoms with Gasteiger partial charge in [-0.1, -0.05) is 38.1 Å². The highest BCUT2D eigenvalue weighted by Crippen LogP contribution is 2.16. The summed E-state index contributed by atoms with van der Waals surface area (Å²) in [7, 11) is 0. The quantitative estimate of drug-likeness (QED) is 0.838. The van der Waals surface area contributed by atoms with Crippen LogP contribution in [-0.4, -0.2) is 10.9 Å². The third-order valence-electron chi connectivity index (χ3n) is 3.76. The Morgan fingerprint density at radius 1 is 1.17 bits per heavy atom. The van der Waals surface area contributed by atoms with Gasteiger partial charge in [-0.3, -0.25) is 9.78 Å². The van der Waals surface area contributed by atoms with Crippen molar-refractivity contribution in [2.24, 2.45) is 11.7 Å². The molecule has 1 unspecified atom stereocenters. The van der Waals surface area contributed by atoms with Crippen LogP contribution in [0.4, 0.5) is 0 Å². The van der Waals surface area contributed by atoms with E-state index in [9.17, 15) is 4.79 Å². The summed E-state index contributed by atoms with van der Waals surface area (Å²) in [4.78, 5) is 16.4. The number of rotatable bonds is 6. The molecule has 1 atom stereocenters. The fourth-order valence-corrected chi connectivity index (χ4v) is 2.51. The summed E-state index contributed by atoms with van der Waals surface area (Å²) in [5.74, 6) is 0.530. The average Bonchev–Trinajstić information content (AvgIpc) is 2.55. The van der Waals surface area contributed by atoms with Crippen LogP contribution in [0.15, 0.2) is 42.6 Å². The van der Waals surface area contributed by atoms with Crippen LogP contribution in [0, 0.1) is 5.92 Å². The zero-order valence-corrected chi connectivity index (χ0v) is 15.3. The molecular weight excluding hydrogens is 322 g/mol. The van der Waals surface area contributed by atoms with Crippen LogP contribution in [-0.2, 0) is 13.0 Å². The predicted octanol–water partition coefficient (Wildman–Crippen LogP) is 3.65. The number of amides is 1. The number of halogens is 1. The summed E-state index contributed by atoms with van der Waals surface area (Å²) in [6.07, 6.45) is 2.68. The fraction of sp³-hybridized carbons (Fsp3) is 0.368. The highest BCUT2D eigenvalue weighted by molar-refractivity contribution is 5.94. The molecule has 2 aromatic rings. The Bertz CT molecular complexity index is 656. The lowest BCUT2D eigenvalue weighted by Crippen LogP contribution is -2.26. The van der Waals surface area contributed by atoms with E-state index < -0.39 is 0 Å². The molecule has 0 radical (unpaired) electrons. The van der Waals surface area contributed by atoms with Crippen molar-refractivity contribution in [3.8, 4) is 0 Å². The molecule has 0 bridgehead atoms. The molecule has 5 heteroatoms. The van der Waals surface area contributed by atoms with Crippen LogP contribution >= 0.6 is 12.4 Å². The van der Waals surface area contributed by atoms with Crippen LogP contribution in [0.1, 0.15) is 54.0 Å². The van der Waals surface area contributed by atoms with Crippen LogP contribution in [0.2, 0.25) is 0 Å². The molecule has 0 fully saturated rings. The van der Waals surface area contributed by atoms with E-state index in [4.69, 9.17) is 5.73 Å². The van der Waals surface area contributed by atoms with Gasteiger partial charge in [0.2, 0.25) is 0 Å². The lowest BCUT2D eigenvalue weighted by atomic mass is 10.00. The molecule has 0 saturated heterocycles. The van der Waals surface area contributed by atoms with Gasteiger partial charge in [0, 0.05) is 18.3 Å². The summed E-state index contributed by atoms with van der Waals surface area (Å²) in [6, 6.07) is 11.8. The first kappa shape index (κ1) is 20.1. The first-order valence-corrected chi connectivity index (χ1v) is 8.04. The topological polar surface area (TPSA) is 68.0 Å². The number of hydrogen-bond donors (Lipinski definition) is 2. The minimum absolute atomic E-state index is 0. The number of nitrogens with one attached hydrogen (secondary N) is 1. The maximum atomic E-state index is 12.3. The number of benzene rings is 1. The minimum atomic E-state index is -0.110. The molecule has 1 heterocycles. The van der Waals surface area contributed by atoms with E-state index in [2.05, 4.69) is 48.4 Å². The zero-order chi connectivity index (χ0) is 16.8. The van der Waals surface area contributed by atoms with Crippen molar-refractivity contribution in [1.82, 2.24) is 10.3 Å². The Morgan fingerprint density at radius 2 is 1.83 bits per heavy atom. The molecule has 1 amide bonds. The number of carbonyl (C=O) groups excluding carboxylic acids is 1. The van der Waals surface area contributed by atoms with Gasteiger partial charge < -0.3 is 11.1 Å². The molecule has 0 aliphatic rings. The van der Waals surface area contributed by atoms with Gasteiger partial charge in [-0.25, -0.2) is 0 Å². The second-order valence-electron chi connectivity index (χ2n) is 6.27. The average molecular weight is 348 g/mol. The highest BCUT2D eigenvalue weighted by atomic mass is 35.5. The van der Waals surface area contributed by atoms with Crippen LogP contribution in [0.5, 0.6) is 0 Å². The predicted molar refractivity (Wildman–Crippen MR) is 100 cm³/mol. The van der Waals surface area contributed by atoms with Crippen molar-refractivity contribution >= 4 is 18.3 Å². The minimum Gasteiger partial charge on any atom is -0.346 e. The molecule has 1 aromatic heterocycles. The van der Waals surface area contributed by atoms with E-state index in [1.165, 1.54) is 5.56 Å². The van der Waals surface area contributed by atoms with E-state index >= 15 is 0 Å². The van der Waals surface area contributed by atoms with Gasteiger partial charge in [-0.15, -0.1) is 12.4 Å². The number of aromatic nitrogens is 1. The maximum absolute atomic E-state index is 12.3. The maximum Gasteiger partial charge on any atom is 0.251 e. The number of carbonyl (C=O) groups is 1. The molecular formula is C19H26ClN3O. The van der Waals surface area contributed by atoms with Crippen molar-refractivity contribution in [2.45, 2.75) is 39.8 Å². The first-order valence-electron chi connectivity index (χ1n) is 8.04. The molecule has 130 valence electrons. The SMILES string of the molecule is CC(C)Cc1ccc(C(C)NC(=O)c2ccnc(CN)c2)cc1.Cl. The Labute approximate surface area is 150 Å². The first-order chi connectivity index (χ1) is 11.0. The molecule has 0 aliphatic heterocycles. The fourth-order valence-electron chi connectivity index (χ4n) is 2.51. The number of hydrogen-bond acceptors (Lipinski definition) is 3. The molecule has 2 rings (SSSR count). The third-order valence-corrected chi connectivity index (χ3v) is 3.76. The number of nitrogens with two attached hydrogens (primary N) is 1. The van der Waals surface area contributed by atoms with Gasteiger partial charge in [-0.05, 0) is 42.5 Å². The van der Waals surface area contributed by atoms with Gasteiger partial charge in [0.1, 0.15) is 0 Å². The summed E-state index contributed by atoms with van der Waals surface area (Å²) in [6.45, 7) is 6.73. The smallest absolute Gasteiger partial charge is 0.251 e. The molecule has 3 N–H and O–H groups in total. The summed E-state index contributed by atoms with van der Waals surface area (Å²) >= 11 is 0. The van der Waals surface area contributed by atoms with Gasteiger partial charge in [0.15, 0.2) is 0 Å². The Kier molecular flexibility index (Phi) is 7.89. The number of pyridine rings is 1. The lowest BCUT2D eigenvalue weighted by molar-refractivity contribution is 0.0939. The summed E-state index contributed by atoms with van der Waals surface area (Å²) in [5, 5.41) is 3.02. The van der Waals surface area contributed by atoms with Gasteiger partial charge in [0.05, 0.1) is 11.7 Å². The van der Waals surface area contributed by atoms with Crippen molar-refractivity contribution in [3.63, 3.8) is 0 Å². The standard InChI is InChI=1S/C19H25N3O.ClH/c1-13(2)10-15-4-6-16(7-5-15)14(3)22-19(23)17-8-9-21-18(11-17)12-20;/h4-9,11,13-14H,10,12,20H2,1-3H3,(H,22,23);1H. The molecule has 0 aliphatic carbocycles. The molecule has 0 spiro atoms. The van der Waals surface area contributed by atoms with Gasteiger partial charge in [0.25, 0.3) is 5.91 Å². The van der Waals surface area contributed by atoms with Crippen molar-refractivity contribution < 1.29 is 4.79 Å². The van der Waals surface area contributed by atoms with E-state index in [0.29, 0.717) is 23.7 Å². The van der Waals surface area contributed by atoms with E-state index in [1.54, 1.807) is 18.3 Å². The summed E-state index contributed by atoms with van der Waals surface area (Å²) in [5.41, 5.74) is 9.28. The molecule has 4 nitrogen and oxygen atoms in total. The van der Waals surface area contributed by atoms with Gasteiger partial charge in [-0.2, -0.15) is 0 Å². The molecule has 1 aromatic carbocycles. The normalized spacial score (nSPS) is 11.7. The van der Waals surface area contributed by atoms with Crippen molar-refractivity contribution in [1.29, 1.82) is 0 Å². The second-order valence-corrected chi connectivity index (χ2v) is 6.27.